The molecule has 2 aromatic carbocycles. The normalized spacial score (nSPS) is 11.0. The summed E-state index contributed by atoms with van der Waals surface area (Å²) in [5, 5.41) is 0.938. The zero-order valence-corrected chi connectivity index (χ0v) is 20.5. The van der Waals surface area contributed by atoms with Crippen molar-refractivity contribution in [2.75, 3.05) is 28.4 Å². The maximum Gasteiger partial charge on any atom is 0.164 e. The molecule has 0 aliphatic heterocycles. The van der Waals surface area contributed by atoms with Gasteiger partial charge in [-0.05, 0) is 24.6 Å². The molecule has 0 spiro atoms. The number of hydrogen-bond donors (Lipinski definition) is 0. The quantitative estimate of drug-likeness (QED) is 0.364. The number of hydrogen-bond acceptors (Lipinski definition) is 7. The fourth-order valence-corrected chi connectivity index (χ4v) is 4.26. The molecule has 178 valence electrons. The molecule has 0 aliphatic rings. The summed E-state index contributed by atoms with van der Waals surface area (Å²) in [6, 6.07) is 7.74. The molecule has 4 aromatic rings. The van der Waals surface area contributed by atoms with Crippen LogP contribution in [0.25, 0.3) is 22.2 Å². The number of nitrogens with zero attached hydrogens (tertiary/aromatic N) is 4. The van der Waals surface area contributed by atoms with Gasteiger partial charge in [0.15, 0.2) is 23.0 Å². The Morgan fingerprint density at radius 1 is 0.853 bits per heavy atom. The molecular weight excluding hydrogens is 432 g/mol. The van der Waals surface area contributed by atoms with Crippen molar-refractivity contribution < 1.29 is 18.9 Å². The minimum atomic E-state index is 0.639. The molecule has 0 N–H and O–H groups in total. The minimum absolute atomic E-state index is 0.639. The maximum absolute atomic E-state index is 5.74. The summed E-state index contributed by atoms with van der Waals surface area (Å²) in [6.45, 7) is 2.09. The highest BCUT2D eigenvalue weighted by atomic mass is 16.5. The van der Waals surface area contributed by atoms with Crippen LogP contribution in [0.3, 0.4) is 0 Å². The SMILES string of the molecule is CCc1c(OC)c(OC)cc2nc(CCc3nccn3C)nc(-c3ccc(OC)c(OC)c3)c12. The van der Waals surface area contributed by atoms with Crippen LogP contribution in [0.5, 0.6) is 23.0 Å². The first-order valence-corrected chi connectivity index (χ1v) is 11.2. The first-order valence-electron chi connectivity index (χ1n) is 11.2. The molecule has 8 nitrogen and oxygen atoms in total. The number of ether oxygens (including phenoxy) is 4. The van der Waals surface area contributed by atoms with Crippen molar-refractivity contribution in [2.45, 2.75) is 26.2 Å². The molecule has 2 aromatic heterocycles. The molecule has 34 heavy (non-hydrogen) atoms. The summed E-state index contributed by atoms with van der Waals surface area (Å²) < 4.78 is 24.4. The monoisotopic (exact) mass is 462 g/mol. The van der Waals surface area contributed by atoms with Gasteiger partial charge in [0.05, 0.1) is 39.6 Å². The zero-order valence-electron chi connectivity index (χ0n) is 20.5. The molecule has 2 heterocycles. The Balaban J connectivity index is 1.95. The largest absolute Gasteiger partial charge is 0.493 e. The number of imidazole rings is 1. The van der Waals surface area contributed by atoms with Gasteiger partial charge in [0.25, 0.3) is 0 Å². The lowest BCUT2D eigenvalue weighted by Crippen LogP contribution is -2.06. The Bertz CT molecular complexity index is 1320. The smallest absolute Gasteiger partial charge is 0.164 e. The van der Waals surface area contributed by atoms with E-state index in [0.29, 0.717) is 29.4 Å². The van der Waals surface area contributed by atoms with E-state index < -0.39 is 0 Å². The van der Waals surface area contributed by atoms with Gasteiger partial charge in [0.1, 0.15) is 11.6 Å². The molecule has 0 bridgehead atoms. The second-order valence-corrected chi connectivity index (χ2v) is 7.85. The summed E-state index contributed by atoms with van der Waals surface area (Å²) in [7, 11) is 8.54. The van der Waals surface area contributed by atoms with Crippen molar-refractivity contribution in [3.63, 3.8) is 0 Å². The Labute approximate surface area is 199 Å². The van der Waals surface area contributed by atoms with E-state index in [4.69, 9.17) is 28.9 Å². The van der Waals surface area contributed by atoms with Crippen molar-refractivity contribution in [1.82, 2.24) is 19.5 Å². The number of aryl methyl sites for hydroxylation is 4. The van der Waals surface area contributed by atoms with E-state index in [1.807, 2.05) is 42.1 Å². The Morgan fingerprint density at radius 2 is 1.62 bits per heavy atom. The molecule has 0 atom stereocenters. The van der Waals surface area contributed by atoms with Crippen molar-refractivity contribution in [2.24, 2.45) is 7.05 Å². The number of fused-ring (bicyclic) bond motifs is 1. The maximum atomic E-state index is 5.74. The van der Waals surface area contributed by atoms with Gasteiger partial charge in [-0.3, -0.25) is 0 Å². The number of aromatic nitrogens is 4. The lowest BCUT2D eigenvalue weighted by Gasteiger charge is -2.18. The average Bonchev–Trinajstić information content (AvgIpc) is 3.29. The van der Waals surface area contributed by atoms with Crippen molar-refractivity contribution >= 4 is 10.9 Å². The highest BCUT2D eigenvalue weighted by Gasteiger charge is 2.21. The van der Waals surface area contributed by atoms with Crippen LogP contribution >= 0.6 is 0 Å². The van der Waals surface area contributed by atoms with Crippen molar-refractivity contribution in [1.29, 1.82) is 0 Å². The number of benzene rings is 2. The Hall–Kier alpha value is -3.81. The standard InChI is InChI=1S/C26H30N4O4/c1-7-17-24-18(15-21(33-5)26(17)34-6)28-22(10-11-23-27-12-13-30(23)2)29-25(24)16-8-9-19(31-3)20(14-16)32-4/h8-9,12-15H,7,10-11H2,1-6H3. The molecule has 0 fully saturated rings. The molecule has 0 aliphatic carbocycles. The van der Waals surface area contributed by atoms with Crippen LogP contribution in [0.4, 0.5) is 0 Å². The predicted molar refractivity (Wildman–Crippen MR) is 131 cm³/mol. The molecular formula is C26H30N4O4. The van der Waals surface area contributed by atoms with Crippen LogP contribution in [-0.2, 0) is 26.3 Å². The van der Waals surface area contributed by atoms with E-state index in [2.05, 4.69) is 11.9 Å². The second kappa shape index (κ2) is 9.99. The van der Waals surface area contributed by atoms with E-state index >= 15 is 0 Å². The predicted octanol–water partition coefficient (Wildman–Crippen LogP) is 4.41. The van der Waals surface area contributed by atoms with Gasteiger partial charge >= 0.3 is 0 Å². The van der Waals surface area contributed by atoms with Crippen molar-refractivity contribution in [3.05, 3.63) is 53.9 Å². The van der Waals surface area contributed by atoms with Gasteiger partial charge in [-0.15, -0.1) is 0 Å². The Kier molecular flexibility index (Phi) is 6.86. The molecule has 0 amide bonds. The van der Waals surface area contributed by atoms with Crippen LogP contribution in [0.1, 0.15) is 24.1 Å². The molecule has 0 unspecified atom stereocenters. The van der Waals surface area contributed by atoms with E-state index in [0.717, 1.165) is 52.2 Å². The van der Waals surface area contributed by atoms with Crippen LogP contribution in [0.15, 0.2) is 36.7 Å². The van der Waals surface area contributed by atoms with Crippen LogP contribution in [0, 0.1) is 0 Å². The highest BCUT2D eigenvalue weighted by Crippen LogP contribution is 2.42. The van der Waals surface area contributed by atoms with Gasteiger partial charge in [0, 0.05) is 54.9 Å². The number of rotatable bonds is 9. The number of methoxy groups -OCH3 is 4. The van der Waals surface area contributed by atoms with Gasteiger partial charge in [-0.1, -0.05) is 6.92 Å². The van der Waals surface area contributed by atoms with Gasteiger partial charge in [-0.25, -0.2) is 15.0 Å². The summed E-state index contributed by atoms with van der Waals surface area (Å²) >= 11 is 0. The minimum Gasteiger partial charge on any atom is -0.493 e. The molecule has 0 saturated carbocycles. The van der Waals surface area contributed by atoms with Crippen LogP contribution < -0.4 is 18.9 Å². The van der Waals surface area contributed by atoms with Gasteiger partial charge in [0.2, 0.25) is 0 Å². The third kappa shape index (κ3) is 4.23. The fraction of sp³-hybridized carbons (Fsp3) is 0.346. The summed E-state index contributed by atoms with van der Waals surface area (Å²) in [5.41, 5.74) is 3.53. The average molecular weight is 463 g/mol. The topological polar surface area (TPSA) is 80.5 Å². The summed E-state index contributed by atoms with van der Waals surface area (Å²) in [5.74, 6) is 4.37. The van der Waals surface area contributed by atoms with Crippen molar-refractivity contribution in [3.8, 4) is 34.3 Å². The summed E-state index contributed by atoms with van der Waals surface area (Å²) in [6.07, 6.45) is 5.85. The van der Waals surface area contributed by atoms with Crippen LogP contribution in [-0.4, -0.2) is 48.0 Å². The lowest BCUT2D eigenvalue weighted by molar-refractivity contribution is 0.353. The molecule has 0 saturated heterocycles. The van der Waals surface area contributed by atoms with Gasteiger partial charge in [-0.2, -0.15) is 0 Å². The lowest BCUT2D eigenvalue weighted by atomic mass is 9.98. The van der Waals surface area contributed by atoms with E-state index in [1.165, 1.54) is 0 Å². The second-order valence-electron chi connectivity index (χ2n) is 7.85. The third-order valence-electron chi connectivity index (χ3n) is 5.98. The molecule has 0 radical (unpaired) electrons. The van der Waals surface area contributed by atoms with Crippen LogP contribution in [0.2, 0.25) is 0 Å². The first-order chi connectivity index (χ1) is 16.5. The van der Waals surface area contributed by atoms with E-state index in [-0.39, 0.29) is 0 Å². The first kappa shape index (κ1) is 23.4. The highest BCUT2D eigenvalue weighted by molar-refractivity contribution is 5.98. The summed E-state index contributed by atoms with van der Waals surface area (Å²) in [4.78, 5) is 14.4. The van der Waals surface area contributed by atoms with Gasteiger partial charge < -0.3 is 23.5 Å². The van der Waals surface area contributed by atoms with E-state index in [1.54, 1.807) is 34.6 Å². The Morgan fingerprint density at radius 3 is 2.24 bits per heavy atom. The third-order valence-corrected chi connectivity index (χ3v) is 5.98. The zero-order chi connectivity index (χ0) is 24.2. The van der Waals surface area contributed by atoms with E-state index in [9.17, 15) is 0 Å². The molecule has 4 rings (SSSR count). The fourth-order valence-electron chi connectivity index (χ4n) is 4.26. The molecule has 8 heteroatoms.